The zero-order chi connectivity index (χ0) is 39.2. The summed E-state index contributed by atoms with van der Waals surface area (Å²) < 4.78 is 12.7. The summed E-state index contributed by atoms with van der Waals surface area (Å²) in [6, 6.07) is 0. The third kappa shape index (κ3) is 8.64. The summed E-state index contributed by atoms with van der Waals surface area (Å²) in [5.41, 5.74) is 0.619. The van der Waals surface area contributed by atoms with Crippen molar-refractivity contribution in [1.29, 1.82) is 0 Å². The molecule has 5 rings (SSSR count). The van der Waals surface area contributed by atoms with Gasteiger partial charge in [-0.1, -0.05) is 65.5 Å². The predicted octanol–water partition coefficient (Wildman–Crippen LogP) is 10.2. The van der Waals surface area contributed by atoms with E-state index < -0.39 is 23.8 Å². The van der Waals surface area contributed by atoms with E-state index in [-0.39, 0.29) is 35.6 Å². The van der Waals surface area contributed by atoms with Crippen LogP contribution in [0.2, 0.25) is 0 Å². The highest BCUT2D eigenvalue weighted by Crippen LogP contribution is 2.68. The van der Waals surface area contributed by atoms with Crippen molar-refractivity contribution in [2.24, 2.45) is 46.3 Å². The maximum Gasteiger partial charge on any atom is 0.343 e. The van der Waals surface area contributed by atoms with E-state index in [1.165, 1.54) is 65.7 Å². The molecule has 4 aliphatic rings. The van der Waals surface area contributed by atoms with Gasteiger partial charge in [0.2, 0.25) is 18.1 Å². The maximum absolute atomic E-state index is 13.7. The minimum atomic E-state index is -1.71. The number of amides is 2. The van der Waals surface area contributed by atoms with Gasteiger partial charge < -0.3 is 25.2 Å². The van der Waals surface area contributed by atoms with Gasteiger partial charge in [0.25, 0.3) is 0 Å². The summed E-state index contributed by atoms with van der Waals surface area (Å²) in [6.45, 7) is 16.3. The average Bonchev–Trinajstić information content (AvgIpc) is 3.42. The number of allylic oxidation sites excluding steroid dienone is 1. The molecular weight excluding hydrogens is 1010 g/mol. The highest BCUT2D eigenvalue weighted by Gasteiger charge is 2.61. The zero-order valence-electron chi connectivity index (χ0n) is 32.4. The number of esters is 2. The normalized spacial score (nSPS) is 31.7. The fourth-order valence-corrected chi connectivity index (χ4v) is 14.9. The number of nitrogens with one attached hydrogen (secondary N) is 2. The molecule has 294 valence electrons. The van der Waals surface area contributed by atoms with Crippen molar-refractivity contribution in [1.82, 2.24) is 0 Å². The van der Waals surface area contributed by atoms with Gasteiger partial charge in [-0.2, -0.15) is 0 Å². The van der Waals surface area contributed by atoms with E-state index in [9.17, 15) is 24.3 Å². The monoisotopic (exact) mass is 1070 g/mol. The van der Waals surface area contributed by atoms with Crippen LogP contribution in [0.3, 0.4) is 0 Å². The third-order valence-electron chi connectivity index (χ3n) is 13.4. The lowest BCUT2D eigenvalue weighted by atomic mass is 9.46. The molecule has 4 aliphatic carbocycles. The summed E-state index contributed by atoms with van der Waals surface area (Å²) in [5, 5.41) is 17.3. The van der Waals surface area contributed by atoms with Crippen molar-refractivity contribution in [2.45, 2.75) is 138 Å². The number of hydrogen-bond acceptors (Lipinski definition) is 7. The smallest absolute Gasteiger partial charge is 0.343 e. The Morgan fingerprint density at radius 1 is 0.849 bits per heavy atom. The zero-order valence-corrected chi connectivity index (χ0v) is 38.9. The van der Waals surface area contributed by atoms with Gasteiger partial charge >= 0.3 is 11.9 Å². The quantitative estimate of drug-likeness (QED) is 0.0871. The van der Waals surface area contributed by atoms with E-state index in [0.29, 0.717) is 45.8 Å². The molecule has 0 radical (unpaired) electrons. The van der Waals surface area contributed by atoms with E-state index in [1.54, 1.807) is 0 Å². The molecule has 0 saturated heterocycles. The summed E-state index contributed by atoms with van der Waals surface area (Å²) in [5.74, 6) is 1.94. The SMILES string of the molecule is CC(=O)Nc1c(I)c(NC(C)=O)c(I)c(C(=O)OC(C)OC(=O)C2(O)CC[C@@]3(C)C(=CC[C@H]4[C@@H]5CC[C@H]([C@H](C)CCCC(C)C)[C@@]5(C)CC[C@@H]43)C2)c1I. The van der Waals surface area contributed by atoms with Crippen LogP contribution in [0.25, 0.3) is 0 Å². The maximum atomic E-state index is 13.7. The molecule has 3 fully saturated rings. The molecule has 0 heterocycles. The molecule has 0 bridgehead atoms. The van der Waals surface area contributed by atoms with Gasteiger partial charge in [0.05, 0.1) is 27.6 Å². The second kappa shape index (κ2) is 16.8. The van der Waals surface area contributed by atoms with Crippen LogP contribution in [0.4, 0.5) is 11.4 Å². The second-order valence-corrected chi connectivity index (χ2v) is 20.5. The van der Waals surface area contributed by atoms with Crippen molar-refractivity contribution < 1.29 is 33.8 Å². The highest BCUT2D eigenvalue weighted by molar-refractivity contribution is 14.1. The fraction of sp³-hybridized carbons (Fsp3) is 0.707. The third-order valence-corrected chi connectivity index (χ3v) is 16.7. The Bertz CT molecular complexity index is 1620. The van der Waals surface area contributed by atoms with Crippen LogP contribution in [-0.4, -0.2) is 40.8 Å². The Kier molecular flexibility index (Phi) is 13.7. The fourth-order valence-electron chi connectivity index (χ4n) is 10.8. The van der Waals surface area contributed by atoms with E-state index in [4.69, 9.17) is 9.47 Å². The number of ether oxygens (including phenoxy) is 2. The van der Waals surface area contributed by atoms with Crippen molar-refractivity contribution in [2.75, 3.05) is 10.6 Å². The molecule has 53 heavy (non-hydrogen) atoms. The van der Waals surface area contributed by atoms with Crippen LogP contribution in [-0.2, 0) is 23.9 Å². The minimum Gasteiger partial charge on any atom is -0.423 e. The summed E-state index contributed by atoms with van der Waals surface area (Å²) in [7, 11) is 0. The van der Waals surface area contributed by atoms with Gasteiger partial charge in [-0.3, -0.25) is 9.59 Å². The van der Waals surface area contributed by atoms with E-state index in [2.05, 4.69) is 51.3 Å². The Morgan fingerprint density at radius 2 is 1.47 bits per heavy atom. The summed E-state index contributed by atoms with van der Waals surface area (Å²) in [6.07, 6.45) is 12.3. The molecule has 2 unspecified atom stereocenters. The Balaban J connectivity index is 1.26. The van der Waals surface area contributed by atoms with Gasteiger partial charge in [-0.15, -0.1) is 0 Å². The first-order chi connectivity index (χ1) is 24.7. The van der Waals surface area contributed by atoms with Gasteiger partial charge in [-0.05, 0) is 159 Å². The molecule has 12 heteroatoms. The van der Waals surface area contributed by atoms with Crippen LogP contribution < -0.4 is 10.6 Å². The molecule has 9 atom stereocenters. The number of fused-ring (bicyclic) bond motifs is 5. The first kappa shape index (κ1) is 43.1. The van der Waals surface area contributed by atoms with Gasteiger partial charge in [0.1, 0.15) is 0 Å². The van der Waals surface area contributed by atoms with Crippen molar-refractivity contribution in [3.8, 4) is 0 Å². The van der Waals surface area contributed by atoms with Crippen LogP contribution >= 0.6 is 67.8 Å². The highest BCUT2D eigenvalue weighted by atomic mass is 127. The standard InChI is InChI=1S/C41H57I3N2O7/c1-21(2)10-9-11-22(3)28-14-15-29-27-13-12-26-20-41(51,19-18-39(26,7)30(27)16-17-40(28,29)8)38(50)53-25(6)52-37(49)31-32(42)35(45-23(4)47)34(44)36(33(31)43)46-24(5)48/h12,21-22,25,27-30,51H,9-11,13-20H2,1-8H3,(H,45,47)(H,46,48)/t22-,25?,27+,28-,29+,30+,39+,40-,41?/m1/s1. The van der Waals surface area contributed by atoms with Crippen molar-refractivity contribution in [3.05, 3.63) is 27.9 Å². The molecule has 0 aromatic heterocycles. The van der Waals surface area contributed by atoms with Gasteiger partial charge in [-0.25, -0.2) is 9.59 Å². The lowest BCUT2D eigenvalue weighted by molar-refractivity contribution is -0.191. The first-order valence-electron chi connectivity index (χ1n) is 19.3. The molecule has 3 saturated carbocycles. The molecule has 1 aromatic carbocycles. The second-order valence-electron chi connectivity index (χ2n) is 17.3. The molecule has 1 aromatic rings. The van der Waals surface area contributed by atoms with E-state index in [0.717, 1.165) is 35.7 Å². The number of anilines is 2. The lowest BCUT2D eigenvalue weighted by Gasteiger charge is -2.59. The van der Waals surface area contributed by atoms with Crippen LogP contribution in [0.15, 0.2) is 11.6 Å². The molecule has 3 N–H and O–H groups in total. The van der Waals surface area contributed by atoms with E-state index in [1.807, 2.05) is 67.8 Å². The van der Waals surface area contributed by atoms with Gasteiger partial charge in [0, 0.05) is 27.2 Å². The molecule has 0 aliphatic heterocycles. The average molecular weight is 1070 g/mol. The van der Waals surface area contributed by atoms with Crippen molar-refractivity contribution in [3.63, 3.8) is 0 Å². The Hall–Kier alpha value is -1.01. The summed E-state index contributed by atoms with van der Waals surface area (Å²) in [4.78, 5) is 51.2. The number of carbonyl (C=O) groups is 4. The van der Waals surface area contributed by atoms with Crippen LogP contribution in [0, 0.1) is 57.0 Å². The Labute approximate surface area is 356 Å². The van der Waals surface area contributed by atoms with Crippen LogP contribution in [0.1, 0.15) is 136 Å². The Morgan fingerprint density at radius 3 is 2.06 bits per heavy atom. The lowest BCUT2D eigenvalue weighted by Crippen LogP contribution is -2.54. The molecule has 9 nitrogen and oxygen atoms in total. The van der Waals surface area contributed by atoms with Gasteiger partial charge in [0.15, 0.2) is 5.60 Å². The number of halogens is 3. The number of carbonyl (C=O) groups excluding carboxylic acids is 4. The topological polar surface area (TPSA) is 131 Å². The molecular formula is C41H57I3N2O7. The largest absolute Gasteiger partial charge is 0.423 e. The van der Waals surface area contributed by atoms with Crippen molar-refractivity contribution >= 4 is 103 Å². The molecule has 0 spiro atoms. The molecule has 2 amide bonds. The number of benzene rings is 1. The number of rotatable bonds is 11. The van der Waals surface area contributed by atoms with E-state index >= 15 is 0 Å². The number of aliphatic hydroxyl groups is 1. The summed E-state index contributed by atoms with van der Waals surface area (Å²) >= 11 is 5.93. The first-order valence-corrected chi connectivity index (χ1v) is 22.6. The minimum absolute atomic E-state index is 0.0643. The predicted molar refractivity (Wildman–Crippen MR) is 232 cm³/mol. The number of hydrogen-bond donors (Lipinski definition) is 3. The van der Waals surface area contributed by atoms with Crippen LogP contribution in [0.5, 0.6) is 0 Å².